The van der Waals surface area contributed by atoms with Crippen LogP contribution in [0.3, 0.4) is 0 Å². The highest BCUT2D eigenvalue weighted by Crippen LogP contribution is 2.39. The highest BCUT2D eigenvalue weighted by atomic mass is 35.5. The summed E-state index contributed by atoms with van der Waals surface area (Å²) in [6, 6.07) is 28.1. The molecule has 0 bridgehead atoms. The highest BCUT2D eigenvalue weighted by Gasteiger charge is 2.32. The number of fused-ring (bicyclic) bond motifs is 1. The number of hydrogen-bond donors (Lipinski definition) is 0. The summed E-state index contributed by atoms with van der Waals surface area (Å²) in [7, 11) is 0. The third-order valence-corrected chi connectivity index (χ3v) is 8.44. The van der Waals surface area contributed by atoms with Gasteiger partial charge in [-0.2, -0.15) is 5.10 Å². The summed E-state index contributed by atoms with van der Waals surface area (Å²) in [4.78, 5) is 21.1. The third kappa shape index (κ3) is 7.63. The number of nitrogens with zero attached hydrogens (tertiary/aromatic N) is 4. The van der Waals surface area contributed by atoms with E-state index in [1.807, 2.05) is 94.9 Å². The van der Waals surface area contributed by atoms with Crippen LogP contribution in [0.15, 0.2) is 104 Å². The Morgan fingerprint density at radius 2 is 1.78 bits per heavy atom. The Morgan fingerprint density at radius 1 is 0.978 bits per heavy atom. The monoisotopic (exact) mass is 620 g/mol. The lowest BCUT2D eigenvalue weighted by Gasteiger charge is -2.31. The summed E-state index contributed by atoms with van der Waals surface area (Å²) in [5.74, 6) is 0.955. The van der Waals surface area contributed by atoms with E-state index in [9.17, 15) is 4.79 Å². The zero-order valence-corrected chi connectivity index (χ0v) is 26.0. The molecule has 0 fully saturated rings. The molecule has 1 aliphatic rings. The van der Waals surface area contributed by atoms with Gasteiger partial charge in [-0.1, -0.05) is 87.5 Å². The van der Waals surface area contributed by atoms with Gasteiger partial charge in [-0.25, -0.2) is 0 Å². The minimum atomic E-state index is -0.273. The molecule has 0 saturated carbocycles. The quantitative estimate of drug-likeness (QED) is 0.156. The number of carbonyl (C=O) groups excluding carboxylic acids is 1. The van der Waals surface area contributed by atoms with Crippen molar-refractivity contribution < 1.29 is 9.53 Å². The van der Waals surface area contributed by atoms with Crippen LogP contribution in [-0.4, -0.2) is 20.7 Å². The Kier molecular flexibility index (Phi) is 10.4. The molecule has 0 spiro atoms. The number of hydrogen-bond acceptors (Lipinski definition) is 4. The maximum atomic E-state index is 14.5. The summed E-state index contributed by atoms with van der Waals surface area (Å²) in [6.45, 7) is 5.73. The van der Waals surface area contributed by atoms with Crippen molar-refractivity contribution in [2.75, 3.05) is 4.90 Å². The van der Waals surface area contributed by atoms with Crippen molar-refractivity contribution in [3.8, 4) is 5.75 Å². The molecule has 232 valence electrons. The molecular formula is C38H41ClN4O2. The van der Waals surface area contributed by atoms with E-state index in [-0.39, 0.29) is 19.3 Å². The highest BCUT2D eigenvalue weighted by molar-refractivity contribution is 6.30. The summed E-state index contributed by atoms with van der Waals surface area (Å²) < 4.78 is 8.18. The first-order valence-electron chi connectivity index (χ1n) is 15.3. The van der Waals surface area contributed by atoms with Crippen LogP contribution in [0, 0.1) is 0 Å². The van der Waals surface area contributed by atoms with Gasteiger partial charge in [0.2, 0.25) is 5.91 Å². The second kappa shape index (κ2) is 14.6. The van der Waals surface area contributed by atoms with E-state index in [1.54, 1.807) is 0 Å². The number of amides is 1. The second-order valence-corrected chi connectivity index (χ2v) is 12.2. The molecule has 7 heteroatoms. The topological polar surface area (TPSA) is 60.2 Å². The van der Waals surface area contributed by atoms with E-state index in [1.165, 1.54) is 0 Å². The van der Waals surface area contributed by atoms with Gasteiger partial charge in [0, 0.05) is 22.5 Å². The van der Waals surface area contributed by atoms with Crippen molar-refractivity contribution in [3.05, 3.63) is 142 Å². The van der Waals surface area contributed by atoms with E-state index < -0.39 is 0 Å². The average molecular weight is 621 g/mol. The standard InChI is InChI=1S/C37H37ClN4O2.CH4/c1-26(2)35-18-17-31(21-39-35)42(24-29-20-40-41(23-29)22-28-11-6-12-30(38)19-28)37(43)34-15-7-14-33-32(34)13-8-16-36(33)44-25-27-9-4-3-5-10-27;/h3-6,8-13,16-21,23,26,34H,7,14-15,22,24-25H2,1-2H3;1H4. The summed E-state index contributed by atoms with van der Waals surface area (Å²) >= 11 is 6.20. The molecule has 1 unspecified atom stereocenters. The number of carbonyl (C=O) groups is 1. The maximum absolute atomic E-state index is 14.5. The largest absolute Gasteiger partial charge is 0.489 e. The van der Waals surface area contributed by atoms with Crippen molar-refractivity contribution in [1.29, 1.82) is 0 Å². The Bertz CT molecular complexity index is 1720. The predicted molar refractivity (Wildman–Crippen MR) is 182 cm³/mol. The first-order valence-corrected chi connectivity index (χ1v) is 15.6. The molecule has 5 aromatic rings. The molecule has 1 aliphatic carbocycles. The molecule has 45 heavy (non-hydrogen) atoms. The van der Waals surface area contributed by atoms with E-state index in [0.29, 0.717) is 30.6 Å². The van der Waals surface area contributed by atoms with E-state index in [0.717, 1.165) is 64.2 Å². The van der Waals surface area contributed by atoms with Crippen molar-refractivity contribution >= 4 is 23.2 Å². The average Bonchev–Trinajstić information content (AvgIpc) is 3.49. The number of ether oxygens (including phenoxy) is 1. The number of pyridine rings is 1. The van der Waals surface area contributed by atoms with Crippen LogP contribution >= 0.6 is 11.6 Å². The second-order valence-electron chi connectivity index (χ2n) is 11.7. The molecule has 6 nitrogen and oxygen atoms in total. The van der Waals surface area contributed by atoms with Crippen LogP contribution in [0.25, 0.3) is 0 Å². The van der Waals surface area contributed by atoms with Gasteiger partial charge in [0.25, 0.3) is 0 Å². The van der Waals surface area contributed by atoms with Crippen LogP contribution in [-0.2, 0) is 30.9 Å². The molecule has 6 rings (SSSR count). The molecule has 1 amide bonds. The first-order chi connectivity index (χ1) is 21.4. The van der Waals surface area contributed by atoms with Gasteiger partial charge in [0.1, 0.15) is 12.4 Å². The predicted octanol–water partition coefficient (Wildman–Crippen LogP) is 8.97. The summed E-state index contributed by atoms with van der Waals surface area (Å²) in [5, 5.41) is 5.29. The van der Waals surface area contributed by atoms with E-state index >= 15 is 0 Å². The Labute approximate surface area is 271 Å². The van der Waals surface area contributed by atoms with Crippen LogP contribution in [0.1, 0.15) is 79.5 Å². The molecule has 0 aliphatic heterocycles. The van der Waals surface area contributed by atoms with Gasteiger partial charge in [-0.3, -0.25) is 14.5 Å². The van der Waals surface area contributed by atoms with Crippen LogP contribution in [0.2, 0.25) is 5.02 Å². The van der Waals surface area contributed by atoms with Gasteiger partial charge in [-0.05, 0) is 77.8 Å². The van der Waals surface area contributed by atoms with Gasteiger partial charge in [0.15, 0.2) is 0 Å². The minimum Gasteiger partial charge on any atom is -0.489 e. The number of anilines is 1. The van der Waals surface area contributed by atoms with Crippen LogP contribution in [0.5, 0.6) is 5.75 Å². The van der Waals surface area contributed by atoms with Crippen LogP contribution < -0.4 is 9.64 Å². The fourth-order valence-electron chi connectivity index (χ4n) is 5.90. The molecule has 3 aromatic carbocycles. The first kappa shape index (κ1) is 32.0. The molecular weight excluding hydrogens is 580 g/mol. The zero-order valence-electron chi connectivity index (χ0n) is 25.2. The molecule has 0 saturated heterocycles. The van der Waals surface area contributed by atoms with E-state index in [2.05, 4.69) is 37.1 Å². The molecule has 1 atom stereocenters. The lowest BCUT2D eigenvalue weighted by atomic mass is 9.81. The minimum absolute atomic E-state index is 0. The normalized spacial score (nSPS) is 14.0. The van der Waals surface area contributed by atoms with Crippen molar-refractivity contribution in [2.24, 2.45) is 0 Å². The Balaban J connectivity index is 0.00000400. The maximum Gasteiger partial charge on any atom is 0.234 e. The van der Waals surface area contributed by atoms with Crippen molar-refractivity contribution in [2.45, 2.75) is 72.1 Å². The molecule has 0 N–H and O–H groups in total. The summed E-state index contributed by atoms with van der Waals surface area (Å²) in [6.07, 6.45) is 8.27. The van der Waals surface area contributed by atoms with Crippen LogP contribution in [0.4, 0.5) is 5.69 Å². The third-order valence-electron chi connectivity index (χ3n) is 8.20. The number of halogens is 1. The number of aromatic nitrogens is 3. The Hall–Kier alpha value is -4.42. The van der Waals surface area contributed by atoms with Crippen molar-refractivity contribution in [3.63, 3.8) is 0 Å². The zero-order chi connectivity index (χ0) is 30.5. The fraction of sp³-hybridized carbons (Fsp3) is 0.289. The molecule has 2 aromatic heterocycles. The smallest absolute Gasteiger partial charge is 0.234 e. The SMILES string of the molecule is C.CC(C)c1ccc(N(Cc2cnn(Cc3cccc(Cl)c3)c2)C(=O)C2CCCc3c(OCc4ccccc4)cccc32)cn1. The van der Waals surface area contributed by atoms with Gasteiger partial charge < -0.3 is 9.64 Å². The lowest BCUT2D eigenvalue weighted by molar-refractivity contribution is -0.120. The Morgan fingerprint density at radius 3 is 2.53 bits per heavy atom. The van der Waals surface area contributed by atoms with Gasteiger partial charge in [0.05, 0.1) is 37.1 Å². The fourth-order valence-corrected chi connectivity index (χ4v) is 6.12. The van der Waals surface area contributed by atoms with Gasteiger partial charge >= 0.3 is 0 Å². The lowest BCUT2D eigenvalue weighted by Crippen LogP contribution is -2.36. The van der Waals surface area contributed by atoms with E-state index in [4.69, 9.17) is 21.3 Å². The number of rotatable bonds is 10. The summed E-state index contributed by atoms with van der Waals surface area (Å²) in [5.41, 5.74) is 7.11. The number of benzene rings is 3. The van der Waals surface area contributed by atoms with Crippen molar-refractivity contribution in [1.82, 2.24) is 14.8 Å². The molecule has 2 heterocycles. The van der Waals surface area contributed by atoms with Gasteiger partial charge in [-0.15, -0.1) is 0 Å². The molecule has 0 radical (unpaired) electrons.